The fraction of sp³-hybridized carbons (Fsp3) is 0.412. The lowest BCUT2D eigenvalue weighted by Gasteiger charge is -2.20. The topological polar surface area (TPSA) is 26.0 Å². The average Bonchev–Trinajstić information content (AvgIpc) is 2.27. The number of nitrogens with two attached hydrogens (primary N) is 1. The highest BCUT2D eigenvalue weighted by atomic mass is 14.5. The Labute approximate surface area is 112 Å². The van der Waals surface area contributed by atoms with Crippen LogP contribution in [0.4, 0.5) is 0 Å². The maximum absolute atomic E-state index is 5.62. The zero-order valence-electron chi connectivity index (χ0n) is 12.4. The molecule has 0 bridgehead atoms. The molecule has 1 unspecified atom stereocenters. The summed E-state index contributed by atoms with van der Waals surface area (Å²) in [5.41, 5.74) is 7.86. The standard InChI is InChI=1S/C17H27N/c1-7-15(17(4,5)6)13-12-14(3)10-9-11-16(18)8-2/h7-14H,2,18H2,1,3-6H3/b10-9+,13-12-,15-7+,16-11+. The van der Waals surface area contributed by atoms with E-state index in [1.165, 1.54) is 5.57 Å². The molecule has 0 spiro atoms. The van der Waals surface area contributed by atoms with Crippen LogP contribution in [-0.4, -0.2) is 0 Å². The molecular weight excluding hydrogens is 218 g/mol. The van der Waals surface area contributed by atoms with Gasteiger partial charge in [0.2, 0.25) is 0 Å². The van der Waals surface area contributed by atoms with Crippen LogP contribution >= 0.6 is 0 Å². The van der Waals surface area contributed by atoms with Crippen LogP contribution in [0.5, 0.6) is 0 Å². The van der Waals surface area contributed by atoms with Crippen LogP contribution in [0, 0.1) is 11.3 Å². The first kappa shape index (κ1) is 16.5. The summed E-state index contributed by atoms with van der Waals surface area (Å²) in [6.07, 6.45) is 14.2. The zero-order chi connectivity index (χ0) is 14.2. The minimum atomic E-state index is 0.196. The average molecular weight is 245 g/mol. The van der Waals surface area contributed by atoms with E-state index in [1.807, 2.05) is 12.2 Å². The van der Waals surface area contributed by atoms with Crippen molar-refractivity contribution in [2.24, 2.45) is 17.1 Å². The lowest BCUT2D eigenvalue weighted by Crippen LogP contribution is -2.07. The summed E-state index contributed by atoms with van der Waals surface area (Å²) in [6, 6.07) is 0. The molecule has 0 aliphatic heterocycles. The van der Waals surface area contributed by atoms with Crippen LogP contribution in [0.3, 0.4) is 0 Å². The second-order valence-corrected chi connectivity index (χ2v) is 5.47. The van der Waals surface area contributed by atoms with Gasteiger partial charge in [0.15, 0.2) is 0 Å². The van der Waals surface area contributed by atoms with Gasteiger partial charge in [-0.1, -0.05) is 64.7 Å². The molecule has 0 fully saturated rings. The Morgan fingerprint density at radius 1 is 1.22 bits per heavy atom. The van der Waals surface area contributed by atoms with Crippen molar-refractivity contribution in [1.82, 2.24) is 0 Å². The highest BCUT2D eigenvalue weighted by Crippen LogP contribution is 2.26. The van der Waals surface area contributed by atoms with Gasteiger partial charge in [0.1, 0.15) is 0 Å². The van der Waals surface area contributed by atoms with Gasteiger partial charge in [-0.25, -0.2) is 0 Å². The third kappa shape index (κ3) is 6.95. The van der Waals surface area contributed by atoms with Crippen LogP contribution in [0.25, 0.3) is 0 Å². The van der Waals surface area contributed by atoms with Crippen molar-refractivity contribution >= 4 is 0 Å². The number of allylic oxidation sites excluding steroid dienone is 8. The molecule has 0 radical (unpaired) electrons. The molecule has 100 valence electrons. The molecule has 0 amide bonds. The Balaban J connectivity index is 4.58. The molecule has 1 atom stereocenters. The normalized spacial score (nSPS) is 16.5. The van der Waals surface area contributed by atoms with E-state index in [4.69, 9.17) is 5.73 Å². The van der Waals surface area contributed by atoms with Crippen LogP contribution in [0.15, 0.2) is 60.4 Å². The summed E-state index contributed by atoms with van der Waals surface area (Å²) in [5, 5.41) is 0. The molecule has 0 rings (SSSR count). The van der Waals surface area contributed by atoms with E-state index in [0.717, 1.165) is 0 Å². The predicted molar refractivity (Wildman–Crippen MR) is 83.1 cm³/mol. The van der Waals surface area contributed by atoms with Crippen LogP contribution in [-0.2, 0) is 0 Å². The van der Waals surface area contributed by atoms with Gasteiger partial charge >= 0.3 is 0 Å². The largest absolute Gasteiger partial charge is 0.399 e. The second kappa shape index (κ2) is 7.75. The highest BCUT2D eigenvalue weighted by molar-refractivity contribution is 5.26. The van der Waals surface area contributed by atoms with E-state index in [-0.39, 0.29) is 5.41 Å². The van der Waals surface area contributed by atoms with Gasteiger partial charge in [0.25, 0.3) is 0 Å². The molecule has 0 aromatic rings. The fourth-order valence-corrected chi connectivity index (χ4v) is 1.51. The van der Waals surface area contributed by atoms with Crippen molar-refractivity contribution in [1.29, 1.82) is 0 Å². The van der Waals surface area contributed by atoms with Crippen molar-refractivity contribution in [3.63, 3.8) is 0 Å². The maximum atomic E-state index is 5.62. The Hall–Kier alpha value is -1.50. The third-order valence-electron chi connectivity index (χ3n) is 2.70. The van der Waals surface area contributed by atoms with Crippen molar-refractivity contribution in [3.8, 4) is 0 Å². The molecule has 0 saturated heterocycles. The summed E-state index contributed by atoms with van der Waals surface area (Å²) >= 11 is 0. The van der Waals surface area contributed by atoms with Crippen molar-refractivity contribution in [2.75, 3.05) is 0 Å². The van der Waals surface area contributed by atoms with Gasteiger partial charge in [-0.05, 0) is 36.0 Å². The Morgan fingerprint density at radius 2 is 1.83 bits per heavy atom. The van der Waals surface area contributed by atoms with Crippen LogP contribution < -0.4 is 5.73 Å². The van der Waals surface area contributed by atoms with E-state index in [2.05, 4.69) is 65.5 Å². The number of rotatable bonds is 5. The van der Waals surface area contributed by atoms with Gasteiger partial charge in [0.05, 0.1) is 0 Å². The molecule has 0 aromatic carbocycles. The molecule has 2 N–H and O–H groups in total. The molecule has 18 heavy (non-hydrogen) atoms. The first-order valence-electron chi connectivity index (χ1n) is 6.42. The van der Waals surface area contributed by atoms with E-state index < -0.39 is 0 Å². The Kier molecular flexibility index (Phi) is 7.11. The molecule has 0 aliphatic carbocycles. The molecule has 0 heterocycles. The van der Waals surface area contributed by atoms with Gasteiger partial charge in [-0.3, -0.25) is 0 Å². The molecule has 1 nitrogen and oxygen atoms in total. The van der Waals surface area contributed by atoms with E-state index in [9.17, 15) is 0 Å². The van der Waals surface area contributed by atoms with Crippen LogP contribution in [0.2, 0.25) is 0 Å². The van der Waals surface area contributed by atoms with Gasteiger partial charge in [0, 0.05) is 5.70 Å². The minimum absolute atomic E-state index is 0.196. The molecule has 0 saturated carbocycles. The Bertz CT molecular complexity index is 373. The second-order valence-electron chi connectivity index (χ2n) is 5.47. The van der Waals surface area contributed by atoms with Gasteiger partial charge < -0.3 is 5.73 Å². The summed E-state index contributed by atoms with van der Waals surface area (Å²) in [6.45, 7) is 14.5. The lowest BCUT2D eigenvalue weighted by atomic mass is 9.85. The summed E-state index contributed by atoms with van der Waals surface area (Å²) in [4.78, 5) is 0. The molecule has 0 aliphatic rings. The predicted octanol–water partition coefficient (Wildman–Crippen LogP) is 4.76. The van der Waals surface area contributed by atoms with E-state index in [0.29, 0.717) is 11.6 Å². The fourth-order valence-electron chi connectivity index (χ4n) is 1.51. The minimum Gasteiger partial charge on any atom is -0.399 e. The van der Waals surface area contributed by atoms with Crippen molar-refractivity contribution in [3.05, 3.63) is 60.4 Å². The van der Waals surface area contributed by atoms with E-state index in [1.54, 1.807) is 6.08 Å². The van der Waals surface area contributed by atoms with Crippen molar-refractivity contribution in [2.45, 2.75) is 34.6 Å². The maximum Gasteiger partial charge on any atom is 0.0307 e. The van der Waals surface area contributed by atoms with Crippen LogP contribution in [0.1, 0.15) is 34.6 Å². The summed E-state index contributed by atoms with van der Waals surface area (Å²) in [5.74, 6) is 0.385. The lowest BCUT2D eigenvalue weighted by molar-refractivity contribution is 0.515. The Morgan fingerprint density at radius 3 is 2.28 bits per heavy atom. The smallest absolute Gasteiger partial charge is 0.0307 e. The van der Waals surface area contributed by atoms with Crippen molar-refractivity contribution < 1.29 is 0 Å². The molecular formula is C17H27N. The first-order valence-corrected chi connectivity index (χ1v) is 6.42. The summed E-state index contributed by atoms with van der Waals surface area (Å²) in [7, 11) is 0. The first-order chi connectivity index (χ1) is 8.31. The summed E-state index contributed by atoms with van der Waals surface area (Å²) < 4.78 is 0. The SMILES string of the molecule is C=C/C(N)=C\C=C\C(C)/C=C\C(=C/C)C(C)(C)C. The monoisotopic (exact) mass is 245 g/mol. The molecule has 0 aromatic heterocycles. The quantitative estimate of drug-likeness (QED) is 0.695. The highest BCUT2D eigenvalue weighted by Gasteiger charge is 2.13. The zero-order valence-corrected chi connectivity index (χ0v) is 12.4. The van der Waals surface area contributed by atoms with Gasteiger partial charge in [-0.15, -0.1) is 0 Å². The molecule has 1 heteroatoms. The number of hydrogen-bond donors (Lipinski definition) is 1. The third-order valence-corrected chi connectivity index (χ3v) is 2.70. The van der Waals surface area contributed by atoms with Gasteiger partial charge in [-0.2, -0.15) is 0 Å². The number of hydrogen-bond acceptors (Lipinski definition) is 1. The van der Waals surface area contributed by atoms with E-state index >= 15 is 0 Å².